The van der Waals surface area contributed by atoms with Crippen LogP contribution in [0.25, 0.3) is 0 Å². The average molecular weight is 290 g/mol. The SMILES string of the molecule is CCNC(c1nccnc1OC)C1CC2CCC(C1)N2C. The van der Waals surface area contributed by atoms with E-state index in [1.165, 1.54) is 25.7 Å². The molecule has 2 fully saturated rings. The first kappa shape index (κ1) is 14.7. The lowest BCUT2D eigenvalue weighted by molar-refractivity contribution is 0.111. The number of hydrogen-bond acceptors (Lipinski definition) is 5. The van der Waals surface area contributed by atoms with Gasteiger partial charge < -0.3 is 15.0 Å². The number of aromatic nitrogens is 2. The van der Waals surface area contributed by atoms with E-state index in [0.717, 1.165) is 24.3 Å². The van der Waals surface area contributed by atoms with E-state index in [0.29, 0.717) is 11.8 Å². The van der Waals surface area contributed by atoms with Crippen LogP contribution in [0.4, 0.5) is 0 Å². The van der Waals surface area contributed by atoms with Gasteiger partial charge in [-0.1, -0.05) is 6.92 Å². The molecule has 0 saturated carbocycles. The third-order valence-electron chi connectivity index (χ3n) is 5.21. The Bertz CT molecular complexity index is 467. The molecule has 5 nitrogen and oxygen atoms in total. The predicted octanol–water partition coefficient (Wildman–Crippen LogP) is 2.01. The smallest absolute Gasteiger partial charge is 0.237 e. The molecule has 1 aromatic rings. The number of piperidine rings is 1. The molecule has 2 aliphatic rings. The fourth-order valence-corrected chi connectivity index (χ4v) is 4.14. The van der Waals surface area contributed by atoms with Crippen LogP contribution >= 0.6 is 0 Å². The van der Waals surface area contributed by atoms with Crippen molar-refractivity contribution in [2.45, 2.75) is 50.7 Å². The zero-order chi connectivity index (χ0) is 14.8. The maximum Gasteiger partial charge on any atom is 0.237 e. The Hall–Kier alpha value is -1.20. The van der Waals surface area contributed by atoms with Crippen LogP contribution in [-0.2, 0) is 0 Å². The van der Waals surface area contributed by atoms with Gasteiger partial charge in [-0.3, -0.25) is 4.98 Å². The van der Waals surface area contributed by atoms with E-state index >= 15 is 0 Å². The highest BCUT2D eigenvalue weighted by molar-refractivity contribution is 5.22. The van der Waals surface area contributed by atoms with Crippen molar-refractivity contribution in [3.63, 3.8) is 0 Å². The van der Waals surface area contributed by atoms with Crippen LogP contribution in [0.3, 0.4) is 0 Å². The number of methoxy groups -OCH3 is 1. The summed E-state index contributed by atoms with van der Waals surface area (Å²) < 4.78 is 5.43. The van der Waals surface area contributed by atoms with Crippen molar-refractivity contribution in [2.24, 2.45) is 5.92 Å². The summed E-state index contributed by atoms with van der Waals surface area (Å²) in [6.07, 6.45) is 8.63. The maximum atomic E-state index is 5.43. The van der Waals surface area contributed by atoms with Gasteiger partial charge in [-0.2, -0.15) is 0 Å². The summed E-state index contributed by atoms with van der Waals surface area (Å²) in [5.41, 5.74) is 0.968. The molecule has 3 atom stereocenters. The zero-order valence-electron chi connectivity index (χ0n) is 13.2. The molecule has 3 unspecified atom stereocenters. The molecule has 1 aromatic heterocycles. The maximum absolute atomic E-state index is 5.43. The number of ether oxygens (including phenoxy) is 1. The minimum atomic E-state index is 0.246. The minimum Gasteiger partial charge on any atom is -0.480 e. The third kappa shape index (κ3) is 2.77. The van der Waals surface area contributed by atoms with E-state index in [2.05, 4.69) is 34.2 Å². The van der Waals surface area contributed by atoms with Crippen LogP contribution in [0.2, 0.25) is 0 Å². The highest BCUT2D eigenvalue weighted by Crippen LogP contribution is 2.43. The molecule has 0 aromatic carbocycles. The number of hydrogen-bond donors (Lipinski definition) is 1. The molecule has 3 heterocycles. The lowest BCUT2D eigenvalue weighted by Gasteiger charge is -2.40. The van der Waals surface area contributed by atoms with Gasteiger partial charge in [0.15, 0.2) is 0 Å². The van der Waals surface area contributed by atoms with Crippen LogP contribution in [0.1, 0.15) is 44.3 Å². The van der Waals surface area contributed by atoms with E-state index in [9.17, 15) is 0 Å². The molecular weight excluding hydrogens is 264 g/mol. The van der Waals surface area contributed by atoms with Crippen molar-refractivity contribution in [1.82, 2.24) is 20.2 Å². The van der Waals surface area contributed by atoms with Gasteiger partial charge in [0.05, 0.1) is 13.2 Å². The molecular formula is C16H26N4O. The molecule has 0 aliphatic carbocycles. The average Bonchev–Trinajstić information content (AvgIpc) is 2.74. The molecule has 21 heavy (non-hydrogen) atoms. The fraction of sp³-hybridized carbons (Fsp3) is 0.750. The Labute approximate surface area is 127 Å². The Morgan fingerprint density at radius 1 is 1.29 bits per heavy atom. The first-order valence-corrected chi connectivity index (χ1v) is 8.04. The van der Waals surface area contributed by atoms with Crippen molar-refractivity contribution < 1.29 is 4.74 Å². The Balaban J connectivity index is 1.85. The Morgan fingerprint density at radius 3 is 2.57 bits per heavy atom. The number of nitrogens with zero attached hydrogens (tertiary/aromatic N) is 3. The van der Waals surface area contributed by atoms with Crippen LogP contribution in [0.15, 0.2) is 12.4 Å². The molecule has 3 rings (SSSR count). The van der Waals surface area contributed by atoms with Crippen molar-refractivity contribution in [3.05, 3.63) is 18.1 Å². The molecule has 0 amide bonds. The largest absolute Gasteiger partial charge is 0.480 e. The van der Waals surface area contributed by atoms with Crippen LogP contribution in [0, 0.1) is 5.92 Å². The summed E-state index contributed by atoms with van der Waals surface area (Å²) in [6.45, 7) is 3.09. The number of fused-ring (bicyclic) bond motifs is 2. The van der Waals surface area contributed by atoms with Gasteiger partial charge in [0.2, 0.25) is 5.88 Å². The second-order valence-electron chi connectivity index (χ2n) is 6.27. The number of nitrogens with one attached hydrogen (secondary N) is 1. The molecule has 0 radical (unpaired) electrons. The zero-order valence-corrected chi connectivity index (χ0v) is 13.2. The van der Waals surface area contributed by atoms with Crippen LogP contribution in [-0.4, -0.2) is 47.7 Å². The van der Waals surface area contributed by atoms with Gasteiger partial charge >= 0.3 is 0 Å². The fourth-order valence-electron chi connectivity index (χ4n) is 4.14. The second-order valence-corrected chi connectivity index (χ2v) is 6.27. The number of rotatable bonds is 5. The van der Waals surface area contributed by atoms with E-state index in [-0.39, 0.29) is 6.04 Å². The highest BCUT2D eigenvalue weighted by Gasteiger charge is 2.42. The molecule has 116 valence electrons. The van der Waals surface area contributed by atoms with E-state index in [4.69, 9.17) is 4.74 Å². The van der Waals surface area contributed by atoms with E-state index in [1.54, 1.807) is 19.5 Å². The lowest BCUT2D eigenvalue weighted by Crippen LogP contribution is -2.44. The van der Waals surface area contributed by atoms with Crippen LogP contribution in [0.5, 0.6) is 5.88 Å². The first-order valence-electron chi connectivity index (χ1n) is 8.04. The monoisotopic (exact) mass is 290 g/mol. The first-order chi connectivity index (χ1) is 10.2. The van der Waals surface area contributed by atoms with Gasteiger partial charge in [0.25, 0.3) is 0 Å². The Kier molecular flexibility index (Phi) is 4.40. The highest BCUT2D eigenvalue weighted by atomic mass is 16.5. The van der Waals surface area contributed by atoms with Gasteiger partial charge in [-0.05, 0) is 45.2 Å². The summed E-state index contributed by atoms with van der Waals surface area (Å²) in [4.78, 5) is 11.5. The summed E-state index contributed by atoms with van der Waals surface area (Å²) in [7, 11) is 3.96. The summed E-state index contributed by atoms with van der Waals surface area (Å²) in [5, 5.41) is 3.63. The van der Waals surface area contributed by atoms with Gasteiger partial charge in [-0.25, -0.2) is 4.98 Å². The van der Waals surface area contributed by atoms with E-state index in [1.807, 2.05) is 0 Å². The van der Waals surface area contributed by atoms with E-state index < -0.39 is 0 Å². The third-order valence-corrected chi connectivity index (χ3v) is 5.21. The summed E-state index contributed by atoms with van der Waals surface area (Å²) in [5.74, 6) is 1.28. The summed E-state index contributed by atoms with van der Waals surface area (Å²) >= 11 is 0. The molecule has 2 aliphatic heterocycles. The van der Waals surface area contributed by atoms with Gasteiger partial charge in [0.1, 0.15) is 5.69 Å². The summed E-state index contributed by atoms with van der Waals surface area (Å²) in [6, 6.07) is 1.71. The van der Waals surface area contributed by atoms with Crippen molar-refractivity contribution in [1.29, 1.82) is 0 Å². The quantitative estimate of drug-likeness (QED) is 0.899. The predicted molar refractivity (Wildman–Crippen MR) is 82.3 cm³/mol. The lowest BCUT2D eigenvalue weighted by atomic mass is 9.83. The standard InChI is InChI=1S/C16H26N4O/c1-4-17-14(15-16(21-3)19-8-7-18-15)11-9-12-5-6-13(10-11)20(12)2/h7-8,11-14,17H,4-6,9-10H2,1-3H3. The molecule has 5 heteroatoms. The topological polar surface area (TPSA) is 50.3 Å². The van der Waals surface area contributed by atoms with Crippen molar-refractivity contribution >= 4 is 0 Å². The normalized spacial score (nSPS) is 30.3. The molecule has 0 spiro atoms. The second kappa shape index (κ2) is 6.28. The van der Waals surface area contributed by atoms with Crippen LogP contribution < -0.4 is 10.1 Å². The minimum absolute atomic E-state index is 0.246. The van der Waals surface area contributed by atoms with Gasteiger partial charge in [0, 0.05) is 24.5 Å². The molecule has 2 bridgehead atoms. The van der Waals surface area contributed by atoms with Gasteiger partial charge in [-0.15, -0.1) is 0 Å². The Morgan fingerprint density at radius 2 is 1.95 bits per heavy atom. The van der Waals surface area contributed by atoms with Crippen molar-refractivity contribution in [2.75, 3.05) is 20.7 Å². The van der Waals surface area contributed by atoms with Crippen molar-refractivity contribution in [3.8, 4) is 5.88 Å². The molecule has 1 N–H and O–H groups in total. The molecule has 2 saturated heterocycles.